The van der Waals surface area contributed by atoms with Crippen LogP contribution in [0.15, 0.2) is 5.16 Å². The van der Waals surface area contributed by atoms with E-state index in [-0.39, 0.29) is 17.8 Å². The molecule has 1 saturated carbocycles. The fourth-order valence-electron chi connectivity index (χ4n) is 1.58. The SMILES string of the molecule is CC1(Cn2c(CO)nnc2SCC(=O)O)CC1. The second-order valence-electron chi connectivity index (χ2n) is 4.64. The van der Waals surface area contributed by atoms with Crippen molar-refractivity contribution in [3.63, 3.8) is 0 Å². The lowest BCUT2D eigenvalue weighted by Gasteiger charge is -2.13. The minimum absolute atomic E-state index is 0.0414. The summed E-state index contributed by atoms with van der Waals surface area (Å²) in [6, 6.07) is 0. The van der Waals surface area contributed by atoms with Gasteiger partial charge in [-0.2, -0.15) is 0 Å². The zero-order chi connectivity index (χ0) is 12.5. The van der Waals surface area contributed by atoms with Gasteiger partial charge in [0, 0.05) is 6.54 Å². The standard InChI is InChI=1S/C10H15N3O3S/c1-10(2-3-10)6-13-7(4-14)11-12-9(13)17-5-8(15)16/h14H,2-6H2,1H3,(H,15,16). The average molecular weight is 257 g/mol. The normalized spacial score (nSPS) is 17.1. The van der Waals surface area contributed by atoms with Crippen LogP contribution in [-0.4, -0.2) is 36.7 Å². The molecule has 1 aromatic rings. The summed E-state index contributed by atoms with van der Waals surface area (Å²) in [5.41, 5.74) is 0.255. The maximum atomic E-state index is 10.5. The van der Waals surface area contributed by atoms with Gasteiger partial charge in [-0.15, -0.1) is 10.2 Å². The van der Waals surface area contributed by atoms with Crippen LogP contribution in [0.4, 0.5) is 0 Å². The van der Waals surface area contributed by atoms with E-state index in [9.17, 15) is 9.90 Å². The molecule has 1 heterocycles. The van der Waals surface area contributed by atoms with Gasteiger partial charge in [-0.3, -0.25) is 4.79 Å². The predicted octanol–water partition coefficient (Wildman–Crippen LogP) is 0.747. The highest BCUT2D eigenvalue weighted by Gasteiger charge is 2.38. The largest absolute Gasteiger partial charge is 0.481 e. The zero-order valence-corrected chi connectivity index (χ0v) is 10.4. The molecule has 0 aromatic carbocycles. The van der Waals surface area contributed by atoms with Crippen LogP contribution in [0.3, 0.4) is 0 Å². The molecule has 0 amide bonds. The Labute approximate surface area is 103 Å². The second kappa shape index (κ2) is 4.66. The highest BCUT2D eigenvalue weighted by molar-refractivity contribution is 7.99. The topological polar surface area (TPSA) is 88.2 Å². The molecular formula is C10H15N3O3S. The van der Waals surface area contributed by atoms with Gasteiger partial charge in [-0.1, -0.05) is 18.7 Å². The third-order valence-electron chi connectivity index (χ3n) is 2.90. The van der Waals surface area contributed by atoms with Gasteiger partial charge in [-0.25, -0.2) is 0 Å². The van der Waals surface area contributed by atoms with Crippen LogP contribution in [0.1, 0.15) is 25.6 Å². The fraction of sp³-hybridized carbons (Fsp3) is 0.700. The van der Waals surface area contributed by atoms with E-state index in [0.717, 1.165) is 31.1 Å². The molecular weight excluding hydrogens is 242 g/mol. The van der Waals surface area contributed by atoms with E-state index >= 15 is 0 Å². The lowest BCUT2D eigenvalue weighted by Crippen LogP contribution is -2.13. The number of thioether (sulfide) groups is 1. The van der Waals surface area contributed by atoms with Gasteiger partial charge in [0.15, 0.2) is 11.0 Å². The molecule has 0 aliphatic heterocycles. The molecule has 7 heteroatoms. The van der Waals surface area contributed by atoms with Crippen molar-refractivity contribution in [1.82, 2.24) is 14.8 Å². The van der Waals surface area contributed by atoms with Gasteiger partial charge in [-0.05, 0) is 18.3 Å². The van der Waals surface area contributed by atoms with E-state index in [2.05, 4.69) is 17.1 Å². The smallest absolute Gasteiger partial charge is 0.313 e. The molecule has 0 spiro atoms. The van der Waals surface area contributed by atoms with E-state index < -0.39 is 5.97 Å². The monoisotopic (exact) mass is 257 g/mol. The minimum atomic E-state index is -0.882. The highest BCUT2D eigenvalue weighted by atomic mass is 32.2. The molecule has 17 heavy (non-hydrogen) atoms. The number of nitrogens with zero attached hydrogens (tertiary/aromatic N) is 3. The molecule has 1 fully saturated rings. The molecule has 1 aliphatic rings. The number of carboxylic acid groups (broad SMARTS) is 1. The zero-order valence-electron chi connectivity index (χ0n) is 9.59. The molecule has 2 rings (SSSR count). The first kappa shape index (κ1) is 12.4. The third-order valence-corrected chi connectivity index (χ3v) is 3.85. The van der Waals surface area contributed by atoms with Gasteiger partial charge in [0.2, 0.25) is 0 Å². The van der Waals surface area contributed by atoms with Gasteiger partial charge < -0.3 is 14.8 Å². The summed E-state index contributed by atoms with van der Waals surface area (Å²) < 4.78 is 1.83. The number of aliphatic hydroxyl groups excluding tert-OH is 1. The van der Waals surface area contributed by atoms with Gasteiger partial charge in [0.1, 0.15) is 6.61 Å². The van der Waals surface area contributed by atoms with E-state index in [0.29, 0.717) is 11.0 Å². The van der Waals surface area contributed by atoms with Crippen LogP contribution >= 0.6 is 11.8 Å². The molecule has 1 aromatic heterocycles. The van der Waals surface area contributed by atoms with Crippen molar-refractivity contribution in [2.24, 2.45) is 5.41 Å². The molecule has 0 radical (unpaired) electrons. The summed E-state index contributed by atoms with van der Waals surface area (Å²) >= 11 is 1.14. The molecule has 6 nitrogen and oxygen atoms in total. The maximum Gasteiger partial charge on any atom is 0.313 e. The Balaban J connectivity index is 2.13. The number of aliphatic hydroxyl groups is 1. The van der Waals surface area contributed by atoms with Gasteiger partial charge >= 0.3 is 5.97 Å². The number of rotatable bonds is 6. The second-order valence-corrected chi connectivity index (χ2v) is 5.58. The summed E-state index contributed by atoms with van der Waals surface area (Å²) in [6.45, 7) is 2.74. The van der Waals surface area contributed by atoms with Crippen molar-refractivity contribution in [3.8, 4) is 0 Å². The first-order valence-corrected chi connectivity index (χ1v) is 6.40. The van der Waals surface area contributed by atoms with Crippen LogP contribution in [0.5, 0.6) is 0 Å². The average Bonchev–Trinajstić information content (AvgIpc) is 2.88. The minimum Gasteiger partial charge on any atom is -0.481 e. The van der Waals surface area contributed by atoms with E-state index in [1.807, 2.05) is 4.57 Å². The van der Waals surface area contributed by atoms with Crippen LogP contribution in [0.2, 0.25) is 0 Å². The molecule has 1 aliphatic carbocycles. The summed E-state index contributed by atoms with van der Waals surface area (Å²) in [4.78, 5) is 10.5. The van der Waals surface area contributed by atoms with Crippen LogP contribution in [-0.2, 0) is 17.9 Å². The van der Waals surface area contributed by atoms with Crippen molar-refractivity contribution in [3.05, 3.63) is 5.82 Å². The van der Waals surface area contributed by atoms with Crippen molar-refractivity contribution < 1.29 is 15.0 Å². The van der Waals surface area contributed by atoms with Crippen molar-refractivity contribution in [1.29, 1.82) is 0 Å². The molecule has 2 N–H and O–H groups in total. The number of aromatic nitrogens is 3. The Morgan fingerprint density at radius 3 is 2.76 bits per heavy atom. The summed E-state index contributed by atoms with van der Waals surface area (Å²) in [5.74, 6) is -0.418. The Bertz CT molecular complexity index is 428. The summed E-state index contributed by atoms with van der Waals surface area (Å²) in [7, 11) is 0. The van der Waals surface area contributed by atoms with Gasteiger partial charge in [0.05, 0.1) is 5.75 Å². The van der Waals surface area contributed by atoms with Crippen molar-refractivity contribution in [2.45, 2.75) is 38.1 Å². The summed E-state index contributed by atoms with van der Waals surface area (Å²) in [6.07, 6.45) is 2.30. The predicted molar refractivity (Wildman–Crippen MR) is 61.6 cm³/mol. The fourth-order valence-corrected chi connectivity index (χ4v) is 2.26. The van der Waals surface area contributed by atoms with Crippen molar-refractivity contribution in [2.75, 3.05) is 5.75 Å². The van der Waals surface area contributed by atoms with Crippen LogP contribution < -0.4 is 0 Å². The molecule has 0 unspecified atom stereocenters. The lowest BCUT2D eigenvalue weighted by molar-refractivity contribution is -0.133. The first-order chi connectivity index (χ1) is 8.04. The van der Waals surface area contributed by atoms with E-state index in [1.165, 1.54) is 0 Å². The molecule has 0 bridgehead atoms. The number of carbonyl (C=O) groups is 1. The van der Waals surface area contributed by atoms with Crippen LogP contribution in [0, 0.1) is 5.41 Å². The lowest BCUT2D eigenvalue weighted by atomic mass is 10.1. The van der Waals surface area contributed by atoms with E-state index in [1.54, 1.807) is 0 Å². The number of hydrogen-bond donors (Lipinski definition) is 2. The molecule has 0 atom stereocenters. The molecule has 0 saturated heterocycles. The van der Waals surface area contributed by atoms with Crippen molar-refractivity contribution >= 4 is 17.7 Å². The Morgan fingerprint density at radius 1 is 1.53 bits per heavy atom. The number of carboxylic acids is 1. The third kappa shape index (κ3) is 2.98. The Kier molecular flexibility index (Phi) is 3.39. The van der Waals surface area contributed by atoms with Crippen LogP contribution in [0.25, 0.3) is 0 Å². The maximum absolute atomic E-state index is 10.5. The quantitative estimate of drug-likeness (QED) is 0.731. The Hall–Kier alpha value is -1.08. The van der Waals surface area contributed by atoms with Gasteiger partial charge in [0.25, 0.3) is 0 Å². The first-order valence-electron chi connectivity index (χ1n) is 5.42. The summed E-state index contributed by atoms with van der Waals surface area (Å²) in [5, 5.41) is 26.2. The molecule has 94 valence electrons. The number of aliphatic carboxylic acids is 1. The highest BCUT2D eigenvalue weighted by Crippen LogP contribution is 2.47. The number of hydrogen-bond acceptors (Lipinski definition) is 5. The Morgan fingerprint density at radius 2 is 2.24 bits per heavy atom. The van der Waals surface area contributed by atoms with E-state index in [4.69, 9.17) is 5.11 Å².